The molecule has 0 radical (unpaired) electrons. The third-order valence-electron chi connectivity index (χ3n) is 4.30. The second-order valence-corrected chi connectivity index (χ2v) is 6.36. The summed E-state index contributed by atoms with van der Waals surface area (Å²) in [5, 5.41) is 0. The van der Waals surface area contributed by atoms with Gasteiger partial charge in [-0.25, -0.2) is 0 Å². The van der Waals surface area contributed by atoms with Gasteiger partial charge >= 0.3 is 0 Å². The van der Waals surface area contributed by atoms with Crippen LogP contribution in [0.1, 0.15) is 110 Å². The fourth-order valence-electron chi connectivity index (χ4n) is 2.82. The predicted molar refractivity (Wildman–Crippen MR) is 90.2 cm³/mol. The van der Waals surface area contributed by atoms with Crippen LogP contribution in [0.2, 0.25) is 0 Å². The lowest BCUT2D eigenvalue weighted by Gasteiger charge is -2.09. The number of unbranched alkanes of at least 4 members (excludes halogenated alkanes) is 11. The van der Waals surface area contributed by atoms with Gasteiger partial charge in [-0.1, -0.05) is 97.3 Å². The molecule has 0 aromatic heterocycles. The predicted octanol–water partition coefficient (Wildman–Crippen LogP) is 6.69. The van der Waals surface area contributed by atoms with Gasteiger partial charge in [-0.05, 0) is 12.8 Å². The van der Waals surface area contributed by atoms with E-state index in [2.05, 4.69) is 13.8 Å². The Bertz CT molecular complexity index is 188. The number of carbonyl (C=O) groups excluding carboxylic acids is 1. The highest BCUT2D eigenvalue weighted by atomic mass is 16.1. The number of aldehydes is 1. The molecule has 0 rings (SSSR count). The summed E-state index contributed by atoms with van der Waals surface area (Å²) >= 11 is 0. The van der Waals surface area contributed by atoms with Crippen molar-refractivity contribution < 1.29 is 4.79 Å². The van der Waals surface area contributed by atoms with Gasteiger partial charge in [0.15, 0.2) is 0 Å². The normalized spacial score (nSPS) is 12.5. The first-order chi connectivity index (χ1) is 9.85. The lowest BCUT2D eigenvalue weighted by molar-refractivity contribution is -0.111. The van der Waals surface area contributed by atoms with Crippen LogP contribution in [0.4, 0.5) is 0 Å². The van der Waals surface area contributed by atoms with Gasteiger partial charge in [0.1, 0.15) is 6.29 Å². The number of carbonyl (C=O) groups is 1. The Morgan fingerprint density at radius 3 is 1.45 bits per heavy atom. The van der Waals surface area contributed by atoms with Crippen molar-refractivity contribution in [3.8, 4) is 0 Å². The van der Waals surface area contributed by atoms with E-state index in [1.165, 1.54) is 89.8 Å². The first-order valence-electron chi connectivity index (χ1n) is 9.30. The minimum absolute atomic E-state index is 0.341. The van der Waals surface area contributed by atoms with E-state index >= 15 is 0 Å². The third-order valence-corrected chi connectivity index (χ3v) is 4.30. The highest BCUT2D eigenvalue weighted by Crippen LogP contribution is 2.16. The van der Waals surface area contributed by atoms with E-state index in [0.29, 0.717) is 5.92 Å². The van der Waals surface area contributed by atoms with Crippen molar-refractivity contribution in [2.75, 3.05) is 0 Å². The van der Waals surface area contributed by atoms with Crippen molar-refractivity contribution in [1.82, 2.24) is 0 Å². The Hall–Kier alpha value is -0.330. The summed E-state index contributed by atoms with van der Waals surface area (Å²) in [6.45, 7) is 4.47. The summed E-state index contributed by atoms with van der Waals surface area (Å²) in [5.41, 5.74) is 0. The van der Waals surface area contributed by atoms with E-state index in [4.69, 9.17) is 0 Å². The van der Waals surface area contributed by atoms with Crippen molar-refractivity contribution in [1.29, 1.82) is 0 Å². The molecule has 0 fully saturated rings. The molecule has 20 heavy (non-hydrogen) atoms. The minimum atomic E-state index is 0.341. The van der Waals surface area contributed by atoms with Crippen LogP contribution in [0.15, 0.2) is 0 Å². The van der Waals surface area contributed by atoms with Gasteiger partial charge in [0.25, 0.3) is 0 Å². The van der Waals surface area contributed by atoms with Crippen LogP contribution >= 0.6 is 0 Å². The van der Waals surface area contributed by atoms with Crippen molar-refractivity contribution in [3.05, 3.63) is 0 Å². The maximum absolute atomic E-state index is 10.9. The van der Waals surface area contributed by atoms with Crippen molar-refractivity contribution >= 4 is 6.29 Å². The minimum Gasteiger partial charge on any atom is -0.303 e. The zero-order valence-corrected chi connectivity index (χ0v) is 14.2. The van der Waals surface area contributed by atoms with Gasteiger partial charge in [-0.2, -0.15) is 0 Å². The van der Waals surface area contributed by atoms with Crippen LogP contribution in [0.5, 0.6) is 0 Å². The third kappa shape index (κ3) is 14.1. The van der Waals surface area contributed by atoms with Crippen LogP contribution in [-0.4, -0.2) is 6.29 Å². The van der Waals surface area contributed by atoms with E-state index in [1.807, 2.05) is 0 Å². The maximum Gasteiger partial charge on any atom is 0.123 e. The lowest BCUT2D eigenvalue weighted by atomic mass is 9.96. The molecular formula is C19H38O. The average Bonchev–Trinajstić information content (AvgIpc) is 2.48. The average molecular weight is 283 g/mol. The molecular weight excluding hydrogens is 244 g/mol. The second-order valence-electron chi connectivity index (χ2n) is 6.36. The van der Waals surface area contributed by atoms with E-state index in [9.17, 15) is 4.79 Å². The summed E-state index contributed by atoms with van der Waals surface area (Å²) in [7, 11) is 0. The van der Waals surface area contributed by atoms with E-state index in [0.717, 1.165) is 12.8 Å². The summed E-state index contributed by atoms with van der Waals surface area (Å²) < 4.78 is 0. The summed E-state index contributed by atoms with van der Waals surface area (Å²) in [4.78, 5) is 10.9. The smallest absolute Gasteiger partial charge is 0.123 e. The van der Waals surface area contributed by atoms with Crippen LogP contribution in [0.3, 0.4) is 0 Å². The SMILES string of the molecule is CCCCCCCCCCCCCC(C=O)CCCC. The second kappa shape index (κ2) is 16.7. The van der Waals surface area contributed by atoms with Crippen LogP contribution in [-0.2, 0) is 4.79 Å². The molecule has 0 spiro atoms. The molecule has 0 N–H and O–H groups in total. The molecule has 1 unspecified atom stereocenters. The van der Waals surface area contributed by atoms with Gasteiger partial charge in [-0.3, -0.25) is 0 Å². The molecule has 0 saturated carbocycles. The summed E-state index contributed by atoms with van der Waals surface area (Å²) in [6, 6.07) is 0. The molecule has 0 saturated heterocycles. The number of hydrogen-bond acceptors (Lipinski definition) is 1. The van der Waals surface area contributed by atoms with Gasteiger partial charge in [0.05, 0.1) is 0 Å². The lowest BCUT2D eigenvalue weighted by Crippen LogP contribution is -2.01. The fourth-order valence-corrected chi connectivity index (χ4v) is 2.82. The summed E-state index contributed by atoms with van der Waals surface area (Å²) in [6.07, 6.45) is 21.1. The molecule has 0 amide bonds. The van der Waals surface area contributed by atoms with Gasteiger partial charge in [-0.15, -0.1) is 0 Å². The molecule has 0 aromatic rings. The largest absolute Gasteiger partial charge is 0.303 e. The molecule has 0 heterocycles. The standard InChI is InChI=1S/C19H38O/c1-3-5-7-8-9-10-11-12-13-14-15-17-19(18-20)16-6-4-2/h18-19H,3-17H2,1-2H3. The molecule has 1 heteroatoms. The zero-order chi connectivity index (χ0) is 14.9. The Kier molecular flexibility index (Phi) is 16.4. The molecule has 1 nitrogen and oxygen atoms in total. The molecule has 120 valence electrons. The van der Waals surface area contributed by atoms with E-state index in [-0.39, 0.29) is 0 Å². The molecule has 0 aliphatic carbocycles. The van der Waals surface area contributed by atoms with E-state index < -0.39 is 0 Å². The van der Waals surface area contributed by atoms with Crippen LogP contribution in [0.25, 0.3) is 0 Å². The van der Waals surface area contributed by atoms with Crippen LogP contribution in [0, 0.1) is 5.92 Å². The quantitative estimate of drug-likeness (QED) is 0.227. The van der Waals surface area contributed by atoms with Crippen molar-refractivity contribution in [2.24, 2.45) is 5.92 Å². The molecule has 0 aliphatic heterocycles. The molecule has 0 aliphatic rings. The van der Waals surface area contributed by atoms with Gasteiger partial charge in [0, 0.05) is 5.92 Å². The van der Waals surface area contributed by atoms with Crippen LogP contribution < -0.4 is 0 Å². The van der Waals surface area contributed by atoms with Gasteiger partial charge < -0.3 is 4.79 Å². The zero-order valence-electron chi connectivity index (χ0n) is 14.2. The number of rotatable bonds is 16. The van der Waals surface area contributed by atoms with Crippen molar-refractivity contribution in [2.45, 2.75) is 110 Å². The Balaban J connectivity index is 3.17. The van der Waals surface area contributed by atoms with Crippen molar-refractivity contribution in [3.63, 3.8) is 0 Å². The highest BCUT2D eigenvalue weighted by molar-refractivity contribution is 5.53. The number of hydrogen-bond donors (Lipinski definition) is 0. The Morgan fingerprint density at radius 2 is 1.00 bits per heavy atom. The first-order valence-corrected chi connectivity index (χ1v) is 9.30. The molecule has 0 bridgehead atoms. The summed E-state index contributed by atoms with van der Waals surface area (Å²) in [5.74, 6) is 0.341. The monoisotopic (exact) mass is 282 g/mol. The maximum atomic E-state index is 10.9. The fraction of sp³-hybridized carbons (Fsp3) is 0.947. The molecule has 0 aromatic carbocycles. The highest BCUT2D eigenvalue weighted by Gasteiger charge is 2.05. The van der Waals surface area contributed by atoms with E-state index in [1.54, 1.807) is 0 Å². The Morgan fingerprint density at radius 1 is 0.600 bits per heavy atom. The first kappa shape index (κ1) is 19.7. The Labute approximate surface area is 127 Å². The molecule has 1 atom stereocenters. The topological polar surface area (TPSA) is 17.1 Å². The van der Waals surface area contributed by atoms with Gasteiger partial charge in [0.2, 0.25) is 0 Å².